The number of likely N-dealkylation sites (tertiary alicyclic amines) is 1. The van der Waals surface area contributed by atoms with Crippen molar-refractivity contribution in [1.29, 1.82) is 0 Å². The molecular formula is C13H14F3N3O2S. The smallest absolute Gasteiger partial charge is 0.333 e. The van der Waals surface area contributed by atoms with E-state index in [9.17, 15) is 22.8 Å². The van der Waals surface area contributed by atoms with Crippen molar-refractivity contribution in [3.8, 4) is 0 Å². The number of hydrogen-bond donors (Lipinski definition) is 1. The van der Waals surface area contributed by atoms with Crippen molar-refractivity contribution in [2.45, 2.75) is 31.9 Å². The van der Waals surface area contributed by atoms with Crippen molar-refractivity contribution in [3.63, 3.8) is 0 Å². The molecule has 5 nitrogen and oxygen atoms in total. The number of thiazole rings is 1. The molecule has 1 aliphatic carbocycles. The highest BCUT2D eigenvalue weighted by atomic mass is 32.1. The Morgan fingerprint density at radius 3 is 2.86 bits per heavy atom. The first-order valence-electron chi connectivity index (χ1n) is 6.96. The monoisotopic (exact) mass is 333 g/mol. The number of amides is 2. The summed E-state index contributed by atoms with van der Waals surface area (Å²) in [5.41, 5.74) is 0.987. The van der Waals surface area contributed by atoms with Gasteiger partial charge in [0, 0.05) is 17.8 Å². The van der Waals surface area contributed by atoms with Gasteiger partial charge in [0.25, 0.3) is 0 Å². The number of hydrogen-bond acceptors (Lipinski definition) is 4. The SMILES string of the molecule is O=C(Nc1nc2c(s1)CCC2)[C@@H]1CC(=O)N(CC(F)(F)F)C1. The highest BCUT2D eigenvalue weighted by Crippen LogP contribution is 2.31. The number of aromatic nitrogens is 1. The van der Waals surface area contributed by atoms with Crippen molar-refractivity contribution in [2.24, 2.45) is 5.92 Å². The molecule has 0 unspecified atom stereocenters. The number of anilines is 1. The number of rotatable bonds is 3. The summed E-state index contributed by atoms with van der Waals surface area (Å²) in [7, 11) is 0. The van der Waals surface area contributed by atoms with Crippen molar-refractivity contribution < 1.29 is 22.8 Å². The fourth-order valence-electron chi connectivity index (χ4n) is 2.77. The van der Waals surface area contributed by atoms with Gasteiger partial charge < -0.3 is 10.2 Å². The van der Waals surface area contributed by atoms with E-state index in [-0.39, 0.29) is 13.0 Å². The molecule has 2 heterocycles. The fraction of sp³-hybridized carbons (Fsp3) is 0.615. The first kappa shape index (κ1) is 15.3. The number of nitrogens with zero attached hydrogens (tertiary/aromatic N) is 2. The van der Waals surface area contributed by atoms with Crippen LogP contribution in [0.3, 0.4) is 0 Å². The third kappa shape index (κ3) is 3.23. The van der Waals surface area contributed by atoms with Gasteiger partial charge in [0.1, 0.15) is 6.54 Å². The molecule has 1 fully saturated rings. The molecule has 22 heavy (non-hydrogen) atoms. The standard InChI is InChI=1S/C13H14F3N3O2S/c14-13(15,16)6-19-5-7(4-10(19)20)11(21)18-12-17-8-2-1-3-9(8)22-12/h7H,1-6H2,(H,17,18,21)/t7-/m1/s1. The van der Waals surface area contributed by atoms with Crippen molar-refractivity contribution in [1.82, 2.24) is 9.88 Å². The lowest BCUT2D eigenvalue weighted by molar-refractivity contribution is -0.157. The first-order valence-corrected chi connectivity index (χ1v) is 7.77. The predicted octanol–water partition coefficient (Wildman–Crippen LogP) is 1.98. The lowest BCUT2D eigenvalue weighted by Crippen LogP contribution is -2.36. The normalized spacial score (nSPS) is 21.3. The topological polar surface area (TPSA) is 62.3 Å². The van der Waals surface area contributed by atoms with Gasteiger partial charge in [0.05, 0.1) is 11.6 Å². The zero-order valence-corrected chi connectivity index (χ0v) is 12.4. The molecule has 1 atom stereocenters. The van der Waals surface area contributed by atoms with Crippen LogP contribution in [0, 0.1) is 5.92 Å². The minimum absolute atomic E-state index is 0.187. The van der Waals surface area contributed by atoms with E-state index in [1.807, 2.05) is 0 Å². The van der Waals surface area contributed by atoms with Crippen LogP contribution in [0.4, 0.5) is 18.3 Å². The number of halogens is 3. The Kier molecular flexibility index (Phi) is 3.84. The number of nitrogens with one attached hydrogen (secondary N) is 1. The van der Waals surface area contributed by atoms with Crippen LogP contribution in [0.25, 0.3) is 0 Å². The Bertz CT molecular complexity index is 593. The van der Waals surface area contributed by atoms with Gasteiger partial charge in [-0.2, -0.15) is 13.2 Å². The minimum Gasteiger partial charge on any atom is -0.333 e. The van der Waals surface area contributed by atoms with E-state index in [0.29, 0.717) is 10.0 Å². The molecule has 0 bridgehead atoms. The van der Waals surface area contributed by atoms with Crippen molar-refractivity contribution in [3.05, 3.63) is 10.6 Å². The van der Waals surface area contributed by atoms with Crippen LogP contribution in [-0.4, -0.2) is 41.0 Å². The Morgan fingerprint density at radius 1 is 1.41 bits per heavy atom. The van der Waals surface area contributed by atoms with Crippen LogP contribution in [0.1, 0.15) is 23.4 Å². The molecule has 1 aromatic heterocycles. The lowest BCUT2D eigenvalue weighted by Gasteiger charge is -2.18. The van der Waals surface area contributed by atoms with Crippen LogP contribution in [0.2, 0.25) is 0 Å². The average Bonchev–Trinajstić information content (AvgIpc) is 3.03. The summed E-state index contributed by atoms with van der Waals surface area (Å²) in [6, 6.07) is 0. The zero-order valence-electron chi connectivity index (χ0n) is 11.6. The van der Waals surface area contributed by atoms with E-state index in [2.05, 4.69) is 10.3 Å². The Labute approximate surface area is 128 Å². The van der Waals surface area contributed by atoms with Crippen LogP contribution in [0.15, 0.2) is 0 Å². The summed E-state index contributed by atoms with van der Waals surface area (Å²) in [4.78, 5) is 29.8. The zero-order chi connectivity index (χ0) is 15.9. The van der Waals surface area contributed by atoms with Crippen molar-refractivity contribution in [2.75, 3.05) is 18.4 Å². The molecule has 1 N–H and O–H groups in total. The molecule has 1 saturated heterocycles. The van der Waals surface area contributed by atoms with Crippen molar-refractivity contribution >= 4 is 28.3 Å². The van der Waals surface area contributed by atoms with Crippen LogP contribution >= 0.6 is 11.3 Å². The molecule has 120 valence electrons. The van der Waals surface area contributed by atoms with E-state index in [1.54, 1.807) is 0 Å². The van der Waals surface area contributed by atoms with Gasteiger partial charge in [-0.05, 0) is 19.3 Å². The van der Waals surface area contributed by atoms with E-state index < -0.39 is 30.5 Å². The number of fused-ring (bicyclic) bond motifs is 1. The van der Waals surface area contributed by atoms with E-state index in [1.165, 1.54) is 11.3 Å². The van der Waals surface area contributed by atoms with Gasteiger partial charge in [-0.3, -0.25) is 9.59 Å². The third-order valence-corrected chi connectivity index (χ3v) is 4.85. The summed E-state index contributed by atoms with van der Waals surface area (Å²) >= 11 is 1.40. The Balaban J connectivity index is 1.60. The maximum atomic E-state index is 12.3. The van der Waals surface area contributed by atoms with E-state index in [0.717, 1.165) is 29.8 Å². The van der Waals surface area contributed by atoms with E-state index in [4.69, 9.17) is 0 Å². The molecule has 0 spiro atoms. The van der Waals surface area contributed by atoms with Gasteiger partial charge in [-0.25, -0.2) is 4.98 Å². The molecule has 1 aliphatic heterocycles. The maximum Gasteiger partial charge on any atom is 0.406 e. The van der Waals surface area contributed by atoms with Gasteiger partial charge in [0.15, 0.2) is 5.13 Å². The van der Waals surface area contributed by atoms with Gasteiger partial charge >= 0.3 is 6.18 Å². The summed E-state index contributed by atoms with van der Waals surface area (Å²) in [6.07, 6.45) is -1.73. The molecule has 0 aromatic carbocycles. The molecule has 9 heteroatoms. The quantitative estimate of drug-likeness (QED) is 0.920. The summed E-state index contributed by atoms with van der Waals surface area (Å²) in [5, 5.41) is 3.09. The molecule has 2 aliphatic rings. The summed E-state index contributed by atoms with van der Waals surface area (Å²) < 4.78 is 37.0. The molecular weight excluding hydrogens is 319 g/mol. The lowest BCUT2D eigenvalue weighted by atomic mass is 10.1. The van der Waals surface area contributed by atoms with Crippen LogP contribution < -0.4 is 5.32 Å². The Hall–Kier alpha value is -1.64. The molecule has 2 amide bonds. The summed E-state index contributed by atoms with van der Waals surface area (Å²) in [5.74, 6) is -1.84. The van der Waals surface area contributed by atoms with Gasteiger partial charge in [-0.1, -0.05) is 0 Å². The molecule has 0 saturated carbocycles. The Morgan fingerprint density at radius 2 is 2.18 bits per heavy atom. The predicted molar refractivity (Wildman–Crippen MR) is 73.5 cm³/mol. The van der Waals surface area contributed by atoms with Crippen LogP contribution in [0.5, 0.6) is 0 Å². The average molecular weight is 333 g/mol. The minimum atomic E-state index is -4.45. The third-order valence-electron chi connectivity index (χ3n) is 3.78. The molecule has 0 radical (unpaired) electrons. The largest absolute Gasteiger partial charge is 0.406 e. The number of aryl methyl sites for hydroxylation is 2. The van der Waals surface area contributed by atoms with E-state index >= 15 is 0 Å². The van der Waals surface area contributed by atoms with Gasteiger partial charge in [0.2, 0.25) is 11.8 Å². The second-order valence-corrected chi connectivity index (χ2v) is 6.61. The molecule has 3 rings (SSSR count). The molecule has 1 aromatic rings. The number of carbonyl (C=O) groups is 2. The number of alkyl halides is 3. The highest BCUT2D eigenvalue weighted by Gasteiger charge is 2.40. The van der Waals surface area contributed by atoms with Gasteiger partial charge in [-0.15, -0.1) is 11.3 Å². The highest BCUT2D eigenvalue weighted by molar-refractivity contribution is 7.15. The number of carbonyl (C=O) groups excluding carboxylic acids is 2. The second-order valence-electron chi connectivity index (χ2n) is 5.52. The summed E-state index contributed by atoms with van der Waals surface area (Å²) in [6.45, 7) is -1.50. The second kappa shape index (κ2) is 5.53. The van der Waals surface area contributed by atoms with Crippen LogP contribution in [-0.2, 0) is 22.4 Å². The fourth-order valence-corrected chi connectivity index (χ4v) is 3.82. The first-order chi connectivity index (χ1) is 10.3. The maximum absolute atomic E-state index is 12.3.